The molecule has 0 unspecified atom stereocenters. The first-order chi connectivity index (χ1) is 12.3. The number of amides is 1. The van der Waals surface area contributed by atoms with E-state index < -0.39 is 12.1 Å². The Labute approximate surface area is 153 Å². The fraction of sp³-hybridized carbons (Fsp3) is 0.263. The van der Waals surface area contributed by atoms with Crippen LogP contribution in [-0.2, 0) is 16.0 Å². The lowest BCUT2D eigenvalue weighted by molar-refractivity contribution is -0.173. The third-order valence-electron chi connectivity index (χ3n) is 3.62. The molecule has 0 aliphatic carbocycles. The molecule has 7 heteroatoms. The van der Waals surface area contributed by atoms with Crippen molar-refractivity contribution in [3.05, 3.63) is 54.1 Å². The second-order valence-electron chi connectivity index (χ2n) is 5.50. The minimum atomic E-state index is -4.91. The third-order valence-corrected chi connectivity index (χ3v) is 4.56. The highest BCUT2D eigenvalue weighted by Gasteiger charge is 2.38. The highest BCUT2D eigenvalue weighted by Crippen LogP contribution is 2.31. The van der Waals surface area contributed by atoms with Crippen LogP contribution < -0.4 is 5.32 Å². The number of allylic oxidation sites excluding steroid dienone is 1. The van der Waals surface area contributed by atoms with Crippen molar-refractivity contribution in [1.82, 2.24) is 5.32 Å². The number of carbonyl (C=O) groups excluding carboxylic acids is 2. The lowest BCUT2D eigenvalue weighted by atomic mass is 10.0. The molecule has 0 aliphatic rings. The van der Waals surface area contributed by atoms with Crippen molar-refractivity contribution < 1.29 is 22.8 Å². The van der Waals surface area contributed by atoms with Crippen molar-refractivity contribution in [3.8, 4) is 0 Å². The van der Waals surface area contributed by atoms with Gasteiger partial charge in [0.2, 0.25) is 5.12 Å². The van der Waals surface area contributed by atoms with Crippen LogP contribution in [0.3, 0.4) is 0 Å². The van der Waals surface area contributed by atoms with Gasteiger partial charge in [-0.2, -0.15) is 13.2 Å². The van der Waals surface area contributed by atoms with Crippen LogP contribution in [-0.4, -0.2) is 23.7 Å². The van der Waals surface area contributed by atoms with Crippen LogP contribution in [0.5, 0.6) is 0 Å². The largest absolute Gasteiger partial charge is 0.471 e. The number of benzene rings is 2. The maximum Gasteiger partial charge on any atom is 0.471 e. The Balaban J connectivity index is 2.25. The molecule has 0 spiro atoms. The minimum absolute atomic E-state index is 0.150. The van der Waals surface area contributed by atoms with Gasteiger partial charge in [-0.1, -0.05) is 43.3 Å². The molecule has 0 heterocycles. The zero-order valence-electron chi connectivity index (χ0n) is 14.1. The van der Waals surface area contributed by atoms with Crippen molar-refractivity contribution in [3.63, 3.8) is 0 Å². The SMILES string of the molecule is CC/C=C/C(=O)Sc1ccc2ccccc2c1CCNC(=O)C(F)(F)F. The third kappa shape index (κ3) is 5.36. The molecule has 0 aromatic heterocycles. The van der Waals surface area contributed by atoms with Crippen LogP contribution in [0.2, 0.25) is 0 Å². The van der Waals surface area contributed by atoms with E-state index in [-0.39, 0.29) is 18.1 Å². The van der Waals surface area contributed by atoms with E-state index >= 15 is 0 Å². The van der Waals surface area contributed by atoms with E-state index in [2.05, 4.69) is 0 Å². The molecule has 26 heavy (non-hydrogen) atoms. The van der Waals surface area contributed by atoms with Crippen LogP contribution in [0, 0.1) is 0 Å². The Morgan fingerprint density at radius 3 is 2.58 bits per heavy atom. The summed E-state index contributed by atoms with van der Waals surface area (Å²) in [6, 6.07) is 11.1. The van der Waals surface area contributed by atoms with Crippen molar-refractivity contribution >= 4 is 33.6 Å². The van der Waals surface area contributed by atoms with E-state index in [9.17, 15) is 22.8 Å². The molecular weight excluding hydrogens is 363 g/mol. The molecular formula is C19H18F3NO2S. The Hall–Kier alpha value is -2.28. The van der Waals surface area contributed by atoms with Gasteiger partial charge >= 0.3 is 12.1 Å². The predicted octanol–water partition coefficient (Wildman–Crippen LogP) is 4.65. The number of rotatable bonds is 6. The van der Waals surface area contributed by atoms with Crippen molar-refractivity contribution in [2.24, 2.45) is 0 Å². The predicted molar refractivity (Wildman–Crippen MR) is 97.0 cm³/mol. The van der Waals surface area contributed by atoms with Gasteiger partial charge in [-0.15, -0.1) is 0 Å². The number of hydrogen-bond acceptors (Lipinski definition) is 3. The fourth-order valence-corrected chi connectivity index (χ4v) is 3.28. The molecule has 138 valence electrons. The number of thioether (sulfide) groups is 1. The van der Waals surface area contributed by atoms with Gasteiger partial charge in [0.1, 0.15) is 0 Å². The molecule has 0 fully saturated rings. The lowest BCUT2D eigenvalue weighted by Gasteiger charge is -2.13. The van der Waals surface area contributed by atoms with E-state index in [4.69, 9.17) is 0 Å². The standard InChI is InChI=1S/C19H18F3NO2S/c1-2-3-8-17(24)26-16-10-9-13-6-4-5-7-14(13)15(16)11-12-23-18(25)19(20,21)22/h3-10H,2,11-12H2,1H3,(H,23,25)/b8-3+. The van der Waals surface area contributed by atoms with Crippen molar-refractivity contribution in [2.45, 2.75) is 30.8 Å². The summed E-state index contributed by atoms with van der Waals surface area (Å²) in [4.78, 5) is 23.7. The summed E-state index contributed by atoms with van der Waals surface area (Å²) in [5.74, 6) is -1.96. The number of nitrogens with one attached hydrogen (secondary N) is 1. The first-order valence-electron chi connectivity index (χ1n) is 8.07. The average molecular weight is 381 g/mol. The van der Waals surface area contributed by atoms with Gasteiger partial charge in [-0.25, -0.2) is 0 Å². The van der Waals surface area contributed by atoms with Gasteiger partial charge in [0.05, 0.1) is 0 Å². The smallest absolute Gasteiger partial charge is 0.348 e. The van der Waals surface area contributed by atoms with Crippen LogP contribution in [0.4, 0.5) is 13.2 Å². The summed E-state index contributed by atoms with van der Waals surface area (Å²) in [6.45, 7) is 1.75. The first kappa shape index (κ1) is 20.0. The molecule has 0 saturated carbocycles. The summed E-state index contributed by atoms with van der Waals surface area (Å²) in [6.07, 6.45) is -0.747. The van der Waals surface area contributed by atoms with Gasteiger partial charge in [0.15, 0.2) is 0 Å². The second-order valence-corrected chi connectivity index (χ2v) is 6.55. The maximum atomic E-state index is 12.3. The molecule has 0 bridgehead atoms. The fourth-order valence-electron chi connectivity index (χ4n) is 2.43. The van der Waals surface area contributed by atoms with Gasteiger partial charge in [0, 0.05) is 11.4 Å². The first-order valence-corrected chi connectivity index (χ1v) is 8.88. The molecule has 0 saturated heterocycles. The van der Waals surface area contributed by atoms with E-state index in [0.717, 1.165) is 34.5 Å². The zero-order valence-corrected chi connectivity index (χ0v) is 14.9. The maximum absolute atomic E-state index is 12.3. The number of fused-ring (bicyclic) bond motifs is 1. The molecule has 0 atom stereocenters. The number of alkyl halides is 3. The van der Waals surface area contributed by atoms with E-state index in [1.54, 1.807) is 12.1 Å². The average Bonchev–Trinajstić information content (AvgIpc) is 2.60. The second kappa shape index (κ2) is 8.89. The Bertz CT molecular complexity index is 831. The monoisotopic (exact) mass is 381 g/mol. The number of halogens is 3. The molecule has 2 aromatic carbocycles. The van der Waals surface area contributed by atoms with Crippen LogP contribution in [0.1, 0.15) is 18.9 Å². The normalized spacial score (nSPS) is 11.8. The molecule has 2 rings (SSSR count). The highest BCUT2D eigenvalue weighted by molar-refractivity contribution is 8.14. The summed E-state index contributed by atoms with van der Waals surface area (Å²) >= 11 is 1.03. The molecule has 1 amide bonds. The van der Waals surface area contributed by atoms with Gasteiger partial charge < -0.3 is 5.32 Å². The van der Waals surface area contributed by atoms with Crippen LogP contribution in [0.15, 0.2) is 53.4 Å². The zero-order chi connectivity index (χ0) is 19.2. The van der Waals surface area contributed by atoms with Gasteiger partial charge in [0.25, 0.3) is 0 Å². The van der Waals surface area contributed by atoms with Gasteiger partial charge in [-0.05, 0) is 53.1 Å². The van der Waals surface area contributed by atoms with E-state index in [1.165, 1.54) is 6.08 Å². The number of carbonyl (C=O) groups is 2. The topological polar surface area (TPSA) is 46.2 Å². The highest BCUT2D eigenvalue weighted by atomic mass is 32.2. The molecule has 0 radical (unpaired) electrons. The van der Waals surface area contributed by atoms with E-state index in [1.807, 2.05) is 42.6 Å². The van der Waals surface area contributed by atoms with Crippen molar-refractivity contribution in [2.75, 3.05) is 6.54 Å². The quantitative estimate of drug-likeness (QED) is 0.585. The lowest BCUT2D eigenvalue weighted by Crippen LogP contribution is -2.37. The Morgan fingerprint density at radius 2 is 1.88 bits per heavy atom. The summed E-state index contributed by atoms with van der Waals surface area (Å²) < 4.78 is 37.0. The minimum Gasteiger partial charge on any atom is -0.348 e. The van der Waals surface area contributed by atoms with Gasteiger partial charge in [-0.3, -0.25) is 9.59 Å². The summed E-state index contributed by atoms with van der Waals surface area (Å²) in [5, 5.41) is 3.50. The molecule has 1 N–H and O–H groups in total. The van der Waals surface area contributed by atoms with Crippen molar-refractivity contribution in [1.29, 1.82) is 0 Å². The van der Waals surface area contributed by atoms with Crippen LogP contribution >= 0.6 is 11.8 Å². The summed E-state index contributed by atoms with van der Waals surface area (Å²) in [5.41, 5.74) is 0.744. The van der Waals surface area contributed by atoms with Crippen LogP contribution in [0.25, 0.3) is 10.8 Å². The molecule has 3 nitrogen and oxygen atoms in total. The number of hydrogen-bond donors (Lipinski definition) is 1. The summed E-state index contributed by atoms with van der Waals surface area (Å²) in [7, 11) is 0. The van der Waals surface area contributed by atoms with E-state index in [0.29, 0.717) is 4.90 Å². The Morgan fingerprint density at radius 1 is 1.15 bits per heavy atom. The Kier molecular flexibility index (Phi) is 6.85. The molecule has 0 aliphatic heterocycles. The molecule has 2 aromatic rings.